The first-order valence-corrected chi connectivity index (χ1v) is 10.4. The van der Waals surface area contributed by atoms with Gasteiger partial charge in [0.1, 0.15) is 4.90 Å². The van der Waals surface area contributed by atoms with Crippen molar-refractivity contribution in [3.8, 4) is 0 Å². The van der Waals surface area contributed by atoms with E-state index in [1.165, 1.54) is 29.4 Å². The molecule has 7 nitrogen and oxygen atoms in total. The molecule has 1 fully saturated rings. The third-order valence-electron chi connectivity index (χ3n) is 4.10. The van der Waals surface area contributed by atoms with Gasteiger partial charge in [-0.3, -0.25) is 4.79 Å². The van der Waals surface area contributed by atoms with E-state index in [-0.39, 0.29) is 15.5 Å². The Morgan fingerprint density at radius 3 is 2.54 bits per heavy atom. The molecule has 0 unspecified atom stereocenters. The first kappa shape index (κ1) is 20.7. The molecule has 0 aliphatic carbocycles. The molecule has 1 aliphatic rings. The Hall–Kier alpha value is -1.64. The van der Waals surface area contributed by atoms with Gasteiger partial charge in [-0.1, -0.05) is 18.0 Å². The predicted molar refractivity (Wildman–Crippen MR) is 97.6 cm³/mol. The number of likely N-dealkylation sites (N-methyl/N-ethyl adjacent to an activating group) is 1. The SMILES string of the molecule is CCNC(=O)[C@@H](C)OC(=O)c1ccc(Cl)c(S(=O)(=O)N2CCCCC2)c1. The standard InChI is InChI=1S/C17H23ClN2O5S/c1-3-19-16(21)12(2)25-17(22)13-7-8-14(18)15(11-13)26(23,24)20-9-5-4-6-10-20/h7-8,11-12H,3-6,9-10H2,1-2H3,(H,19,21)/t12-/m1/s1. The second kappa shape index (κ2) is 8.83. The molecule has 1 N–H and O–H groups in total. The molecule has 0 aromatic heterocycles. The summed E-state index contributed by atoms with van der Waals surface area (Å²) in [5, 5.41) is 2.60. The first-order chi connectivity index (χ1) is 12.3. The maximum absolute atomic E-state index is 12.8. The number of sulfonamides is 1. The van der Waals surface area contributed by atoms with Crippen molar-refractivity contribution in [1.82, 2.24) is 9.62 Å². The van der Waals surface area contributed by atoms with Crippen LogP contribution < -0.4 is 5.32 Å². The van der Waals surface area contributed by atoms with Gasteiger partial charge in [0, 0.05) is 19.6 Å². The number of hydrogen-bond donors (Lipinski definition) is 1. The summed E-state index contributed by atoms with van der Waals surface area (Å²) in [6.07, 6.45) is 1.59. The van der Waals surface area contributed by atoms with Crippen molar-refractivity contribution in [3.05, 3.63) is 28.8 Å². The molecule has 1 aromatic rings. The van der Waals surface area contributed by atoms with Crippen LogP contribution in [0.4, 0.5) is 0 Å². The molecule has 1 atom stereocenters. The molecule has 2 rings (SSSR count). The maximum atomic E-state index is 12.8. The minimum atomic E-state index is -3.79. The van der Waals surface area contributed by atoms with E-state index in [2.05, 4.69) is 5.32 Å². The first-order valence-electron chi connectivity index (χ1n) is 8.55. The normalized spacial score (nSPS) is 16.7. The van der Waals surface area contributed by atoms with Crippen LogP contribution in [-0.4, -0.2) is 50.3 Å². The smallest absolute Gasteiger partial charge is 0.338 e. The van der Waals surface area contributed by atoms with Gasteiger partial charge in [0.2, 0.25) is 10.0 Å². The van der Waals surface area contributed by atoms with Gasteiger partial charge in [0.25, 0.3) is 5.91 Å². The van der Waals surface area contributed by atoms with Gasteiger partial charge in [-0.2, -0.15) is 4.31 Å². The fraction of sp³-hybridized carbons (Fsp3) is 0.529. The highest BCUT2D eigenvalue weighted by atomic mass is 35.5. The highest BCUT2D eigenvalue weighted by Crippen LogP contribution is 2.28. The van der Waals surface area contributed by atoms with E-state index in [9.17, 15) is 18.0 Å². The van der Waals surface area contributed by atoms with Crippen molar-refractivity contribution in [2.24, 2.45) is 0 Å². The number of hydrogen-bond acceptors (Lipinski definition) is 5. The topological polar surface area (TPSA) is 92.8 Å². The molecule has 1 heterocycles. The maximum Gasteiger partial charge on any atom is 0.338 e. The molecular formula is C17H23ClN2O5S. The molecular weight excluding hydrogens is 380 g/mol. The van der Waals surface area contributed by atoms with Crippen LogP contribution in [0.15, 0.2) is 23.1 Å². The van der Waals surface area contributed by atoms with Crippen LogP contribution in [0.25, 0.3) is 0 Å². The van der Waals surface area contributed by atoms with Gasteiger partial charge in [-0.25, -0.2) is 13.2 Å². The number of rotatable bonds is 6. The number of nitrogens with one attached hydrogen (secondary N) is 1. The molecule has 0 spiro atoms. The molecule has 1 saturated heterocycles. The van der Waals surface area contributed by atoms with Gasteiger partial charge >= 0.3 is 5.97 Å². The Balaban J connectivity index is 2.23. The van der Waals surface area contributed by atoms with Crippen LogP contribution in [0.3, 0.4) is 0 Å². The fourth-order valence-electron chi connectivity index (χ4n) is 2.67. The summed E-state index contributed by atoms with van der Waals surface area (Å²) in [6.45, 7) is 4.48. The summed E-state index contributed by atoms with van der Waals surface area (Å²) in [5.41, 5.74) is 0.0288. The lowest BCUT2D eigenvalue weighted by Crippen LogP contribution is -2.36. The van der Waals surface area contributed by atoms with Crippen LogP contribution in [0.2, 0.25) is 5.02 Å². The molecule has 1 aliphatic heterocycles. The van der Waals surface area contributed by atoms with Crippen molar-refractivity contribution >= 4 is 33.5 Å². The minimum absolute atomic E-state index is 0.0288. The Bertz CT molecular complexity index is 775. The second-order valence-corrected chi connectivity index (χ2v) is 8.37. The number of ether oxygens (including phenoxy) is 1. The van der Waals surface area contributed by atoms with Gasteiger partial charge in [0.15, 0.2) is 6.10 Å². The molecule has 1 aromatic carbocycles. The van der Waals surface area contributed by atoms with Crippen molar-refractivity contribution in [2.75, 3.05) is 19.6 Å². The summed E-state index contributed by atoms with van der Waals surface area (Å²) < 4.78 is 32.1. The lowest BCUT2D eigenvalue weighted by Gasteiger charge is -2.26. The number of carbonyl (C=O) groups excluding carboxylic acids is 2. The van der Waals surface area contributed by atoms with Crippen LogP contribution in [0.5, 0.6) is 0 Å². The van der Waals surface area contributed by atoms with Crippen LogP contribution in [-0.2, 0) is 19.6 Å². The molecule has 26 heavy (non-hydrogen) atoms. The number of halogens is 1. The third kappa shape index (κ3) is 4.75. The van der Waals surface area contributed by atoms with Gasteiger partial charge in [0.05, 0.1) is 10.6 Å². The van der Waals surface area contributed by atoms with Gasteiger partial charge < -0.3 is 10.1 Å². The van der Waals surface area contributed by atoms with E-state index in [0.29, 0.717) is 19.6 Å². The summed E-state index contributed by atoms with van der Waals surface area (Å²) in [5.74, 6) is -1.20. The van der Waals surface area contributed by atoms with E-state index >= 15 is 0 Å². The molecule has 9 heteroatoms. The summed E-state index contributed by atoms with van der Waals surface area (Å²) >= 11 is 6.08. The summed E-state index contributed by atoms with van der Waals surface area (Å²) in [4.78, 5) is 23.8. The largest absolute Gasteiger partial charge is 0.449 e. The van der Waals surface area contributed by atoms with E-state index in [1.54, 1.807) is 6.92 Å². The highest BCUT2D eigenvalue weighted by molar-refractivity contribution is 7.89. The second-order valence-electron chi connectivity index (χ2n) is 6.05. The molecule has 0 radical (unpaired) electrons. The number of benzene rings is 1. The summed E-state index contributed by atoms with van der Waals surface area (Å²) in [7, 11) is -3.79. The van der Waals surface area contributed by atoms with Gasteiger partial charge in [-0.05, 0) is 44.9 Å². The van der Waals surface area contributed by atoms with Crippen LogP contribution in [0, 0.1) is 0 Å². The Labute approximate surface area is 158 Å². The zero-order valence-corrected chi connectivity index (χ0v) is 16.4. The lowest BCUT2D eigenvalue weighted by atomic mass is 10.2. The predicted octanol–water partition coefficient (Wildman–Crippen LogP) is 2.20. The zero-order chi connectivity index (χ0) is 19.3. The van der Waals surface area contributed by atoms with E-state index in [4.69, 9.17) is 16.3 Å². The number of piperidine rings is 1. The number of esters is 1. The molecule has 144 valence electrons. The van der Waals surface area contributed by atoms with Crippen molar-refractivity contribution in [2.45, 2.75) is 44.1 Å². The number of carbonyl (C=O) groups is 2. The average Bonchev–Trinajstić information content (AvgIpc) is 2.62. The number of nitrogens with zero attached hydrogens (tertiary/aromatic N) is 1. The average molecular weight is 403 g/mol. The Kier molecular flexibility index (Phi) is 7.02. The number of amides is 1. The zero-order valence-electron chi connectivity index (χ0n) is 14.8. The monoisotopic (exact) mass is 402 g/mol. The fourth-order valence-corrected chi connectivity index (χ4v) is 4.69. The molecule has 0 bridgehead atoms. The molecule has 0 saturated carbocycles. The van der Waals surface area contributed by atoms with E-state index in [0.717, 1.165) is 19.3 Å². The van der Waals surface area contributed by atoms with Crippen molar-refractivity contribution in [3.63, 3.8) is 0 Å². The third-order valence-corrected chi connectivity index (χ3v) is 6.48. The van der Waals surface area contributed by atoms with E-state index < -0.39 is 28.0 Å². The molecule has 1 amide bonds. The van der Waals surface area contributed by atoms with Crippen molar-refractivity contribution < 1.29 is 22.7 Å². The Morgan fingerprint density at radius 1 is 1.27 bits per heavy atom. The highest BCUT2D eigenvalue weighted by Gasteiger charge is 2.29. The van der Waals surface area contributed by atoms with Crippen LogP contribution in [0.1, 0.15) is 43.5 Å². The van der Waals surface area contributed by atoms with Crippen LogP contribution >= 0.6 is 11.6 Å². The van der Waals surface area contributed by atoms with Gasteiger partial charge in [-0.15, -0.1) is 0 Å². The quantitative estimate of drug-likeness (QED) is 0.736. The Morgan fingerprint density at radius 2 is 1.92 bits per heavy atom. The lowest BCUT2D eigenvalue weighted by molar-refractivity contribution is -0.128. The van der Waals surface area contributed by atoms with Crippen molar-refractivity contribution in [1.29, 1.82) is 0 Å². The summed E-state index contributed by atoms with van der Waals surface area (Å²) in [6, 6.07) is 3.94. The minimum Gasteiger partial charge on any atom is -0.449 e. The van der Waals surface area contributed by atoms with E-state index in [1.807, 2.05) is 0 Å².